The van der Waals surface area contributed by atoms with Gasteiger partial charge in [0.1, 0.15) is 23.2 Å². The maximum Gasteiger partial charge on any atom is 0.344 e. The Kier molecular flexibility index (Phi) is 6.30. The van der Waals surface area contributed by atoms with Gasteiger partial charge in [-0.25, -0.2) is 4.79 Å². The molecule has 0 bridgehead atoms. The van der Waals surface area contributed by atoms with Gasteiger partial charge in [-0.05, 0) is 52.0 Å². The first kappa shape index (κ1) is 21.2. The van der Waals surface area contributed by atoms with E-state index in [1.54, 1.807) is 57.2 Å². The molecule has 0 N–H and O–H groups in total. The van der Waals surface area contributed by atoms with Gasteiger partial charge < -0.3 is 23.4 Å². The Hall–Kier alpha value is -3.48. The minimum absolute atomic E-state index is 0.0390. The van der Waals surface area contributed by atoms with Crippen LogP contribution in [-0.4, -0.2) is 24.8 Å². The van der Waals surface area contributed by atoms with Crippen molar-refractivity contribution in [3.05, 3.63) is 59.0 Å². The lowest BCUT2D eigenvalue weighted by atomic mass is 10.2. The van der Waals surface area contributed by atoms with Gasteiger partial charge in [-0.15, -0.1) is 0 Å². The van der Waals surface area contributed by atoms with Crippen LogP contribution in [0.3, 0.4) is 0 Å². The van der Waals surface area contributed by atoms with E-state index in [-0.39, 0.29) is 17.8 Å². The van der Waals surface area contributed by atoms with Crippen LogP contribution in [0.2, 0.25) is 0 Å². The quantitative estimate of drug-likeness (QED) is 0.520. The van der Waals surface area contributed by atoms with Gasteiger partial charge >= 0.3 is 5.97 Å². The van der Waals surface area contributed by atoms with E-state index >= 15 is 0 Å². The molecule has 2 aromatic carbocycles. The van der Waals surface area contributed by atoms with E-state index in [4.69, 9.17) is 23.4 Å². The zero-order chi connectivity index (χ0) is 21.7. The van der Waals surface area contributed by atoms with Crippen molar-refractivity contribution < 1.29 is 28.2 Å². The molecule has 0 saturated carbocycles. The van der Waals surface area contributed by atoms with Crippen LogP contribution < -0.4 is 19.6 Å². The van der Waals surface area contributed by atoms with E-state index < -0.39 is 11.6 Å². The molecule has 0 aliphatic rings. The van der Waals surface area contributed by atoms with Gasteiger partial charge in [0, 0.05) is 6.07 Å². The molecule has 1 heterocycles. The topological polar surface area (TPSA) is 84.2 Å². The lowest BCUT2D eigenvalue weighted by molar-refractivity contribution is -0.157. The van der Waals surface area contributed by atoms with E-state index in [2.05, 4.69) is 0 Å². The molecular weight excluding hydrogens is 388 g/mol. The summed E-state index contributed by atoms with van der Waals surface area (Å²) < 4.78 is 27.5. The third-order valence-corrected chi connectivity index (χ3v) is 3.86. The lowest BCUT2D eigenvalue weighted by Gasteiger charge is -2.19. The summed E-state index contributed by atoms with van der Waals surface area (Å²) in [7, 11) is 0. The highest BCUT2D eigenvalue weighted by atomic mass is 16.6. The van der Waals surface area contributed by atoms with Crippen molar-refractivity contribution >= 4 is 16.9 Å². The Morgan fingerprint density at radius 2 is 1.73 bits per heavy atom. The number of esters is 1. The van der Waals surface area contributed by atoms with Crippen molar-refractivity contribution in [2.45, 2.75) is 33.3 Å². The predicted octanol–water partition coefficient (Wildman–Crippen LogP) is 4.70. The Labute approximate surface area is 174 Å². The molecule has 0 spiro atoms. The Balaban J connectivity index is 1.78. The fraction of sp³-hybridized carbons (Fsp3) is 0.304. The third-order valence-electron chi connectivity index (χ3n) is 3.86. The largest absolute Gasteiger partial charge is 0.490 e. The molecule has 0 aliphatic heterocycles. The van der Waals surface area contributed by atoms with Gasteiger partial charge in [0.15, 0.2) is 18.1 Å². The second kappa shape index (κ2) is 8.90. The number of carbonyl (C=O) groups excluding carboxylic acids is 1. The van der Waals surface area contributed by atoms with Crippen molar-refractivity contribution in [2.24, 2.45) is 0 Å². The molecule has 1 aromatic heterocycles. The van der Waals surface area contributed by atoms with E-state index in [0.717, 1.165) is 0 Å². The Morgan fingerprint density at radius 3 is 2.43 bits per heavy atom. The summed E-state index contributed by atoms with van der Waals surface area (Å²) in [6.07, 6.45) is 1.24. The number of rotatable bonds is 7. The molecule has 0 atom stereocenters. The highest BCUT2D eigenvalue weighted by Crippen LogP contribution is 2.31. The summed E-state index contributed by atoms with van der Waals surface area (Å²) in [6, 6.07) is 11.8. The molecule has 0 aliphatic carbocycles. The Morgan fingerprint density at radius 1 is 1.00 bits per heavy atom. The van der Waals surface area contributed by atoms with Crippen molar-refractivity contribution in [3.63, 3.8) is 0 Å². The summed E-state index contributed by atoms with van der Waals surface area (Å²) in [5.41, 5.74) is -0.609. The van der Waals surface area contributed by atoms with Crippen molar-refractivity contribution in [2.75, 3.05) is 13.2 Å². The molecule has 7 nitrogen and oxygen atoms in total. The fourth-order valence-corrected chi connectivity index (χ4v) is 2.69. The summed E-state index contributed by atoms with van der Waals surface area (Å²) in [6.45, 7) is 7.43. The molecule has 7 heteroatoms. The first-order valence-corrected chi connectivity index (χ1v) is 9.56. The number of carbonyl (C=O) groups is 1. The fourth-order valence-electron chi connectivity index (χ4n) is 2.69. The van der Waals surface area contributed by atoms with Crippen molar-refractivity contribution in [3.8, 4) is 23.0 Å². The summed E-state index contributed by atoms with van der Waals surface area (Å²) in [4.78, 5) is 24.6. The molecule has 158 valence electrons. The third kappa shape index (κ3) is 5.31. The van der Waals surface area contributed by atoms with Gasteiger partial charge in [0.25, 0.3) is 0 Å². The number of hydrogen-bond donors (Lipinski definition) is 0. The van der Waals surface area contributed by atoms with Crippen LogP contribution in [0.4, 0.5) is 0 Å². The maximum absolute atomic E-state index is 12.8. The first-order chi connectivity index (χ1) is 14.3. The first-order valence-electron chi connectivity index (χ1n) is 9.56. The second-order valence-electron chi connectivity index (χ2n) is 7.44. The molecule has 0 amide bonds. The van der Waals surface area contributed by atoms with Gasteiger partial charge in [-0.3, -0.25) is 4.79 Å². The van der Waals surface area contributed by atoms with E-state index in [9.17, 15) is 9.59 Å². The minimum atomic E-state index is -0.589. The number of fused-ring (bicyclic) bond motifs is 1. The van der Waals surface area contributed by atoms with Crippen LogP contribution in [0, 0.1) is 0 Å². The molecule has 3 rings (SSSR count). The summed E-state index contributed by atoms with van der Waals surface area (Å²) in [5, 5.41) is 0.325. The van der Waals surface area contributed by atoms with E-state index in [1.807, 2.05) is 13.0 Å². The monoisotopic (exact) mass is 412 g/mol. The van der Waals surface area contributed by atoms with Crippen LogP contribution in [0.15, 0.2) is 57.9 Å². The minimum Gasteiger partial charge on any atom is -0.490 e. The lowest BCUT2D eigenvalue weighted by Crippen LogP contribution is -2.27. The van der Waals surface area contributed by atoms with Crippen LogP contribution >= 0.6 is 0 Å². The van der Waals surface area contributed by atoms with Crippen molar-refractivity contribution in [1.29, 1.82) is 0 Å². The van der Waals surface area contributed by atoms with Crippen molar-refractivity contribution in [1.82, 2.24) is 0 Å². The van der Waals surface area contributed by atoms with Gasteiger partial charge in [-0.1, -0.05) is 12.1 Å². The molecule has 0 fully saturated rings. The highest BCUT2D eigenvalue weighted by Gasteiger charge is 2.17. The normalized spacial score (nSPS) is 11.2. The maximum atomic E-state index is 12.8. The van der Waals surface area contributed by atoms with E-state index in [1.165, 1.54) is 6.26 Å². The van der Waals surface area contributed by atoms with Gasteiger partial charge in [0.05, 0.1) is 12.0 Å². The SMILES string of the molecule is CCOc1ccccc1Oc1coc2cc(OCC(=O)OC(C)(C)C)ccc2c1=O. The average Bonchev–Trinajstić information content (AvgIpc) is 2.69. The van der Waals surface area contributed by atoms with E-state index in [0.29, 0.717) is 34.8 Å². The average molecular weight is 412 g/mol. The molecule has 0 unspecified atom stereocenters. The molecule has 3 aromatic rings. The number of ether oxygens (including phenoxy) is 4. The Bertz CT molecular complexity index is 1090. The van der Waals surface area contributed by atoms with Crippen LogP contribution in [0.25, 0.3) is 11.0 Å². The zero-order valence-corrected chi connectivity index (χ0v) is 17.4. The smallest absolute Gasteiger partial charge is 0.344 e. The standard InChI is InChI=1S/C23H24O7/c1-5-26-17-8-6-7-9-18(17)29-20-13-28-19-12-15(10-11-16(19)22(20)25)27-14-21(24)30-23(2,3)4/h6-13H,5,14H2,1-4H3. The van der Waals surface area contributed by atoms with Crippen LogP contribution in [-0.2, 0) is 9.53 Å². The highest BCUT2D eigenvalue weighted by molar-refractivity contribution is 5.79. The molecule has 0 radical (unpaired) electrons. The molecular formula is C23H24O7. The number of hydrogen-bond acceptors (Lipinski definition) is 7. The van der Waals surface area contributed by atoms with Gasteiger partial charge in [0.2, 0.25) is 11.2 Å². The molecule has 30 heavy (non-hydrogen) atoms. The number of para-hydroxylation sites is 2. The summed E-state index contributed by atoms with van der Waals surface area (Å²) in [5.74, 6) is 0.887. The molecule has 0 saturated heterocycles. The van der Waals surface area contributed by atoms with Crippen LogP contribution in [0.5, 0.6) is 23.0 Å². The second-order valence-corrected chi connectivity index (χ2v) is 7.44. The number of benzene rings is 2. The summed E-state index contributed by atoms with van der Waals surface area (Å²) >= 11 is 0. The zero-order valence-electron chi connectivity index (χ0n) is 17.4. The predicted molar refractivity (Wildman–Crippen MR) is 112 cm³/mol. The van der Waals surface area contributed by atoms with Crippen LogP contribution in [0.1, 0.15) is 27.7 Å². The van der Waals surface area contributed by atoms with Gasteiger partial charge in [-0.2, -0.15) is 0 Å².